The molecule has 25 heavy (non-hydrogen) atoms. The molecule has 0 aliphatic carbocycles. The Morgan fingerprint density at radius 2 is 1.80 bits per heavy atom. The molecule has 0 aliphatic rings. The Morgan fingerprint density at radius 3 is 2.32 bits per heavy atom. The van der Waals surface area contributed by atoms with Gasteiger partial charge in [0.05, 0.1) is 12.5 Å². The highest BCUT2D eigenvalue weighted by Crippen LogP contribution is 2.21. The fourth-order valence-electron chi connectivity index (χ4n) is 2.33. The van der Waals surface area contributed by atoms with Gasteiger partial charge >= 0.3 is 11.9 Å². The number of benzene rings is 1. The highest BCUT2D eigenvalue weighted by atomic mass is 16.6. The molecular weight excluding hydrogens is 320 g/mol. The zero-order valence-corrected chi connectivity index (χ0v) is 15.7. The quantitative estimate of drug-likeness (QED) is 0.505. The third-order valence-electron chi connectivity index (χ3n) is 3.62. The van der Waals surface area contributed by atoms with E-state index in [-0.39, 0.29) is 18.8 Å². The average molecular weight is 350 g/mol. The van der Waals surface area contributed by atoms with Crippen LogP contribution in [-0.2, 0) is 20.7 Å². The van der Waals surface area contributed by atoms with Gasteiger partial charge in [0.2, 0.25) is 0 Å². The van der Waals surface area contributed by atoms with Gasteiger partial charge in [-0.05, 0) is 57.7 Å². The zero-order chi connectivity index (χ0) is 18.9. The van der Waals surface area contributed by atoms with E-state index >= 15 is 0 Å². The van der Waals surface area contributed by atoms with Gasteiger partial charge in [0.15, 0.2) is 0 Å². The maximum Gasteiger partial charge on any atom is 0.309 e. The van der Waals surface area contributed by atoms with Gasteiger partial charge in [-0.25, -0.2) is 0 Å². The Balaban J connectivity index is 2.72. The van der Waals surface area contributed by atoms with Crippen molar-refractivity contribution in [1.82, 2.24) is 0 Å². The Hall–Kier alpha value is -2.04. The standard InChI is InChI=1S/C20H30O5/c1-5-6-13-24-17-10-7-15(8-11-17)14-16(9-12-18(21)22)19(23)25-20(2,3)4/h7-8,10-11,16H,5-6,9,12-14H2,1-4H3,(H,21,22)/t16-/m1/s1. The second kappa shape index (κ2) is 10.1. The molecule has 0 aromatic heterocycles. The first-order chi connectivity index (χ1) is 11.7. The van der Waals surface area contributed by atoms with E-state index in [0.717, 1.165) is 24.2 Å². The molecule has 0 amide bonds. The van der Waals surface area contributed by atoms with Gasteiger partial charge in [-0.2, -0.15) is 0 Å². The first kappa shape index (κ1) is 21.0. The van der Waals surface area contributed by atoms with Crippen LogP contribution >= 0.6 is 0 Å². The normalized spacial score (nSPS) is 12.5. The number of carbonyl (C=O) groups is 2. The summed E-state index contributed by atoms with van der Waals surface area (Å²) in [4.78, 5) is 23.2. The number of aliphatic carboxylic acids is 1. The number of unbranched alkanes of at least 4 members (excludes halogenated alkanes) is 1. The van der Waals surface area contributed by atoms with E-state index in [1.165, 1.54) is 0 Å². The van der Waals surface area contributed by atoms with E-state index < -0.39 is 17.5 Å². The van der Waals surface area contributed by atoms with E-state index in [1.54, 1.807) is 0 Å². The molecule has 5 nitrogen and oxygen atoms in total. The minimum atomic E-state index is -0.909. The van der Waals surface area contributed by atoms with Crippen molar-refractivity contribution in [2.75, 3.05) is 6.61 Å². The van der Waals surface area contributed by atoms with Crippen LogP contribution in [0.3, 0.4) is 0 Å². The summed E-state index contributed by atoms with van der Waals surface area (Å²) in [7, 11) is 0. The molecule has 0 saturated heterocycles. The summed E-state index contributed by atoms with van der Waals surface area (Å²) < 4.78 is 11.1. The smallest absolute Gasteiger partial charge is 0.309 e. The molecule has 0 aliphatic heterocycles. The minimum Gasteiger partial charge on any atom is -0.494 e. The van der Waals surface area contributed by atoms with E-state index in [4.69, 9.17) is 14.6 Å². The third kappa shape index (κ3) is 9.13. The maximum atomic E-state index is 12.4. The number of hydrogen-bond donors (Lipinski definition) is 1. The molecule has 0 spiro atoms. The van der Waals surface area contributed by atoms with Crippen LogP contribution in [0, 0.1) is 5.92 Å². The Bertz CT molecular complexity index is 542. The van der Waals surface area contributed by atoms with E-state index in [1.807, 2.05) is 45.0 Å². The van der Waals surface area contributed by atoms with E-state index in [0.29, 0.717) is 13.0 Å². The lowest BCUT2D eigenvalue weighted by atomic mass is 9.94. The number of ether oxygens (including phenoxy) is 2. The summed E-state index contributed by atoms with van der Waals surface area (Å²) in [6.45, 7) is 8.22. The Kier molecular flexibility index (Phi) is 8.46. The fraction of sp³-hybridized carbons (Fsp3) is 0.600. The fourth-order valence-corrected chi connectivity index (χ4v) is 2.33. The molecule has 1 aromatic rings. The Morgan fingerprint density at radius 1 is 1.16 bits per heavy atom. The van der Waals surface area contributed by atoms with Crippen molar-refractivity contribution in [3.8, 4) is 5.75 Å². The molecule has 0 heterocycles. The minimum absolute atomic E-state index is 0.0535. The van der Waals surface area contributed by atoms with Gasteiger partial charge in [-0.1, -0.05) is 25.5 Å². The maximum absolute atomic E-state index is 12.4. The average Bonchev–Trinajstić information content (AvgIpc) is 2.51. The predicted octanol–water partition coefficient (Wildman–Crippen LogP) is 4.23. The largest absolute Gasteiger partial charge is 0.494 e. The molecular formula is C20H30O5. The summed E-state index contributed by atoms with van der Waals surface area (Å²) >= 11 is 0. The SMILES string of the molecule is CCCCOc1ccc(C[C@@H](CCC(=O)O)C(=O)OC(C)(C)C)cc1. The molecule has 1 atom stereocenters. The lowest BCUT2D eigenvalue weighted by Crippen LogP contribution is -2.30. The monoisotopic (exact) mass is 350 g/mol. The van der Waals surface area contributed by atoms with Crippen LogP contribution < -0.4 is 4.74 Å². The summed E-state index contributed by atoms with van der Waals surface area (Å²) in [5, 5.41) is 8.91. The van der Waals surface area contributed by atoms with E-state index in [2.05, 4.69) is 6.92 Å². The van der Waals surface area contributed by atoms with Crippen LogP contribution in [0.5, 0.6) is 5.75 Å². The van der Waals surface area contributed by atoms with Gasteiger partial charge in [0.25, 0.3) is 0 Å². The number of hydrogen-bond acceptors (Lipinski definition) is 4. The van der Waals surface area contributed by atoms with Crippen LogP contribution in [0.15, 0.2) is 24.3 Å². The highest BCUT2D eigenvalue weighted by Gasteiger charge is 2.26. The topological polar surface area (TPSA) is 72.8 Å². The Labute approximate surface area is 150 Å². The van der Waals surface area contributed by atoms with Crippen LogP contribution in [0.2, 0.25) is 0 Å². The predicted molar refractivity (Wildman–Crippen MR) is 96.8 cm³/mol. The van der Waals surface area contributed by atoms with Crippen molar-refractivity contribution in [1.29, 1.82) is 0 Å². The second-order valence-electron chi connectivity index (χ2n) is 7.21. The van der Waals surface area contributed by atoms with Crippen LogP contribution in [0.4, 0.5) is 0 Å². The first-order valence-electron chi connectivity index (χ1n) is 8.87. The first-order valence-corrected chi connectivity index (χ1v) is 8.87. The summed E-state index contributed by atoms with van der Waals surface area (Å²) in [6.07, 6.45) is 2.76. The highest BCUT2D eigenvalue weighted by molar-refractivity contribution is 5.74. The summed E-state index contributed by atoms with van der Waals surface area (Å²) in [5.74, 6) is -0.927. The molecule has 1 aromatic carbocycles. The molecule has 5 heteroatoms. The van der Waals surface area contributed by atoms with Crippen LogP contribution in [0.25, 0.3) is 0 Å². The number of carboxylic acid groups (broad SMARTS) is 1. The molecule has 140 valence electrons. The molecule has 1 N–H and O–H groups in total. The molecule has 0 bridgehead atoms. The van der Waals surface area contributed by atoms with Gasteiger partial charge in [0, 0.05) is 6.42 Å². The van der Waals surface area contributed by atoms with Crippen LogP contribution in [-0.4, -0.2) is 29.3 Å². The summed E-state index contributed by atoms with van der Waals surface area (Å²) in [6, 6.07) is 7.60. The number of esters is 1. The van der Waals surface area contributed by atoms with Crippen molar-refractivity contribution < 1.29 is 24.2 Å². The van der Waals surface area contributed by atoms with E-state index in [9.17, 15) is 9.59 Å². The molecule has 0 fully saturated rings. The second-order valence-corrected chi connectivity index (χ2v) is 7.21. The molecule has 1 rings (SSSR count). The van der Waals surface area contributed by atoms with Gasteiger partial charge in [0.1, 0.15) is 11.4 Å². The van der Waals surface area contributed by atoms with Crippen molar-refractivity contribution in [3.05, 3.63) is 29.8 Å². The zero-order valence-electron chi connectivity index (χ0n) is 15.7. The number of carbonyl (C=O) groups excluding carboxylic acids is 1. The van der Waals surface area contributed by atoms with Gasteiger partial charge in [-0.15, -0.1) is 0 Å². The molecule has 0 radical (unpaired) electrons. The summed E-state index contributed by atoms with van der Waals surface area (Å²) in [5.41, 5.74) is 0.374. The lowest BCUT2D eigenvalue weighted by molar-refractivity contribution is -0.160. The number of rotatable bonds is 10. The van der Waals surface area contributed by atoms with Gasteiger partial charge < -0.3 is 14.6 Å². The van der Waals surface area contributed by atoms with Crippen LogP contribution in [0.1, 0.15) is 58.9 Å². The van der Waals surface area contributed by atoms with Crippen molar-refractivity contribution in [2.24, 2.45) is 5.92 Å². The van der Waals surface area contributed by atoms with Gasteiger partial charge in [-0.3, -0.25) is 9.59 Å². The third-order valence-corrected chi connectivity index (χ3v) is 3.62. The molecule has 0 unspecified atom stereocenters. The van der Waals surface area contributed by atoms with Crippen molar-refractivity contribution >= 4 is 11.9 Å². The number of carboxylic acids is 1. The lowest BCUT2D eigenvalue weighted by Gasteiger charge is -2.24. The van der Waals surface area contributed by atoms with Crippen molar-refractivity contribution in [2.45, 2.75) is 65.4 Å². The van der Waals surface area contributed by atoms with Crippen molar-refractivity contribution in [3.63, 3.8) is 0 Å². The molecule has 0 saturated carbocycles.